The van der Waals surface area contributed by atoms with Gasteiger partial charge < -0.3 is 51.5 Å². The van der Waals surface area contributed by atoms with Crippen molar-refractivity contribution in [2.75, 3.05) is 167 Å². The van der Waals surface area contributed by atoms with Crippen molar-refractivity contribution in [2.24, 2.45) is 0 Å². The minimum absolute atomic E-state index is 0. The van der Waals surface area contributed by atoms with Crippen LogP contribution in [0.15, 0.2) is 0 Å². The van der Waals surface area contributed by atoms with Crippen molar-refractivity contribution in [1.29, 1.82) is 0 Å². The van der Waals surface area contributed by atoms with E-state index in [1.54, 1.807) is 84.6 Å². The van der Waals surface area contributed by atoms with Crippen LogP contribution < -0.4 is 57.3 Å². The monoisotopic (exact) mass is 642 g/mol. The quantitative estimate of drug-likeness (QED) is 0.207. The van der Waals surface area contributed by atoms with Crippen LogP contribution >= 0.6 is 0 Å². The standard InChI is InChI=1S/2C6H16N2.6C2H6N.2Li.2Zn/c2*1-7(2)5-6-8(3)4;6*1-3-2;;;;/h2*5-6H2,1-4H3;6*1-2H3;;;;/q;;6*-1;2*+1;2*+2/p+4. The minimum Gasteiger partial charge on any atom is -0.668 e. The maximum absolute atomic E-state index is 3.50. The molecular formula is C24H72Li2N10Zn2+4. The predicted octanol–water partition coefficient (Wildman–Crippen LogP) is -7.73. The number of nitrogens with one attached hydrogen (secondary N) is 4. The van der Waals surface area contributed by atoms with Gasteiger partial charge in [-0.2, -0.15) is 84.6 Å². The fourth-order valence-corrected chi connectivity index (χ4v) is 1.000. The summed E-state index contributed by atoms with van der Waals surface area (Å²) in [4.78, 5) is 6.13. The minimum atomic E-state index is 0. The predicted molar refractivity (Wildman–Crippen MR) is 162 cm³/mol. The number of hydrogen-bond acceptors (Lipinski definition) is 0. The van der Waals surface area contributed by atoms with E-state index in [-0.39, 0.29) is 76.7 Å². The Hall–Kier alpha value is 2.04. The van der Waals surface area contributed by atoms with E-state index in [2.05, 4.69) is 88.3 Å². The number of nitrogens with zero attached hydrogens (tertiary/aromatic N) is 6. The van der Waals surface area contributed by atoms with Gasteiger partial charge in [-0.1, -0.05) is 0 Å². The van der Waals surface area contributed by atoms with Gasteiger partial charge >= 0.3 is 76.7 Å². The van der Waals surface area contributed by atoms with E-state index >= 15 is 0 Å². The summed E-state index contributed by atoms with van der Waals surface area (Å²) < 4.78 is 0. The first-order valence-electron chi connectivity index (χ1n) is 11.8. The van der Waals surface area contributed by atoms with Crippen molar-refractivity contribution in [2.45, 2.75) is 0 Å². The first-order chi connectivity index (χ1) is 15.7. The van der Waals surface area contributed by atoms with Crippen LogP contribution in [0.5, 0.6) is 0 Å². The van der Waals surface area contributed by atoms with E-state index in [1.165, 1.54) is 45.8 Å². The molecule has 0 amide bonds. The summed E-state index contributed by atoms with van der Waals surface area (Å²) in [5.41, 5.74) is 0. The molecule has 0 unspecified atom stereocenters. The van der Waals surface area contributed by atoms with E-state index in [0.29, 0.717) is 0 Å². The smallest absolute Gasteiger partial charge is 0.668 e. The molecule has 0 aromatic carbocycles. The van der Waals surface area contributed by atoms with E-state index in [0.717, 1.165) is 0 Å². The van der Waals surface area contributed by atoms with Crippen molar-refractivity contribution in [3.8, 4) is 0 Å². The molecule has 0 aliphatic rings. The SMILES string of the molecule is C[N-]C.C[N-]C.C[N-]C.C[N-]C.C[N-]C.C[N-]C.C[NH+](C)CC[NH+](C)C.C[NH+](C)CC[NH+](C)C.[Li+].[Li+].[Zn+2].[Zn+2]. The van der Waals surface area contributed by atoms with Gasteiger partial charge in [-0.15, -0.1) is 0 Å². The fraction of sp³-hybridized carbons (Fsp3) is 1.00. The van der Waals surface area contributed by atoms with Gasteiger partial charge in [0, 0.05) is 0 Å². The van der Waals surface area contributed by atoms with Crippen LogP contribution in [0, 0.1) is 0 Å². The van der Waals surface area contributed by atoms with Gasteiger partial charge in [0.1, 0.15) is 26.2 Å². The molecule has 10 nitrogen and oxygen atoms in total. The number of likely N-dealkylation sites (N-methyl/N-ethyl adjacent to an activating group) is 4. The third-order valence-electron chi connectivity index (χ3n) is 2.25. The largest absolute Gasteiger partial charge is 2.00 e. The summed E-state index contributed by atoms with van der Waals surface area (Å²) in [6, 6.07) is 0. The summed E-state index contributed by atoms with van der Waals surface area (Å²) in [5.74, 6) is 0. The molecule has 0 atom stereocenters. The van der Waals surface area contributed by atoms with Crippen LogP contribution in [0.25, 0.3) is 31.9 Å². The van der Waals surface area contributed by atoms with Gasteiger partial charge in [-0.05, 0) is 0 Å². The molecule has 14 heteroatoms. The van der Waals surface area contributed by atoms with Crippen LogP contribution in [-0.2, 0) is 39.0 Å². The summed E-state index contributed by atoms with van der Waals surface area (Å²) in [6.07, 6.45) is 0. The molecule has 0 bridgehead atoms. The maximum atomic E-state index is 3.50. The average molecular weight is 646 g/mol. The zero-order chi connectivity index (χ0) is 29.4. The summed E-state index contributed by atoms with van der Waals surface area (Å²) in [5, 5.41) is 21.0. The zero-order valence-electron chi connectivity index (χ0n) is 30.9. The normalized spacial score (nSPS) is 7.58. The Labute approximate surface area is 293 Å². The van der Waals surface area contributed by atoms with Gasteiger partial charge in [-0.25, -0.2) is 0 Å². The molecule has 0 aliphatic heterocycles. The second-order valence-electron chi connectivity index (χ2n) is 8.51. The van der Waals surface area contributed by atoms with Crippen LogP contribution in [0.2, 0.25) is 0 Å². The fourth-order valence-electron chi connectivity index (χ4n) is 1.000. The molecule has 0 saturated heterocycles. The van der Waals surface area contributed by atoms with Crippen molar-refractivity contribution in [3.63, 3.8) is 0 Å². The summed E-state index contributed by atoms with van der Waals surface area (Å²) >= 11 is 0. The molecule has 4 N–H and O–H groups in total. The van der Waals surface area contributed by atoms with Gasteiger partial charge in [-0.3, -0.25) is 0 Å². The first-order valence-corrected chi connectivity index (χ1v) is 11.8. The van der Waals surface area contributed by atoms with Gasteiger partial charge in [0.05, 0.1) is 56.4 Å². The third kappa shape index (κ3) is 360. The molecule has 0 aromatic heterocycles. The van der Waals surface area contributed by atoms with Crippen molar-refractivity contribution in [3.05, 3.63) is 31.9 Å². The third-order valence-corrected chi connectivity index (χ3v) is 2.25. The molecule has 38 heavy (non-hydrogen) atoms. The Balaban J connectivity index is -0.0000000210. The Kier molecular flexibility index (Phi) is 200. The Morgan fingerprint density at radius 3 is 0.368 bits per heavy atom. The topological polar surface area (TPSA) is 102 Å². The Morgan fingerprint density at radius 1 is 0.289 bits per heavy atom. The van der Waals surface area contributed by atoms with E-state index in [4.69, 9.17) is 0 Å². The van der Waals surface area contributed by atoms with Crippen molar-refractivity contribution >= 4 is 0 Å². The van der Waals surface area contributed by atoms with Crippen LogP contribution in [0.1, 0.15) is 0 Å². The molecule has 0 saturated carbocycles. The molecule has 220 valence electrons. The van der Waals surface area contributed by atoms with Crippen LogP contribution in [0.3, 0.4) is 0 Å². The molecule has 0 heterocycles. The Bertz CT molecular complexity index is 193. The van der Waals surface area contributed by atoms with E-state index in [1.807, 2.05) is 0 Å². The Morgan fingerprint density at radius 2 is 0.342 bits per heavy atom. The van der Waals surface area contributed by atoms with Gasteiger partial charge in [0.2, 0.25) is 0 Å². The molecule has 0 spiro atoms. The summed E-state index contributed by atoms with van der Waals surface area (Å²) in [7, 11) is 38.5. The summed E-state index contributed by atoms with van der Waals surface area (Å²) in [6.45, 7) is 5.06. The van der Waals surface area contributed by atoms with Gasteiger partial charge in [0.15, 0.2) is 0 Å². The number of quaternary nitrogens is 4. The molecular weight excluding hydrogens is 573 g/mol. The zero-order valence-corrected chi connectivity index (χ0v) is 36.9. The average Bonchev–Trinajstić information content (AvgIpc) is 2.69. The molecule has 0 radical (unpaired) electrons. The first kappa shape index (κ1) is 77.6. The van der Waals surface area contributed by atoms with Gasteiger partial charge in [0.25, 0.3) is 0 Å². The molecule has 0 aromatic rings. The molecule has 0 aliphatic carbocycles. The maximum Gasteiger partial charge on any atom is 2.00 e. The van der Waals surface area contributed by atoms with Crippen LogP contribution in [0.4, 0.5) is 0 Å². The molecule has 0 rings (SSSR count). The number of rotatable bonds is 6. The van der Waals surface area contributed by atoms with Crippen molar-refractivity contribution < 1.29 is 96.3 Å². The second kappa shape index (κ2) is 97.8. The van der Waals surface area contributed by atoms with Crippen molar-refractivity contribution in [1.82, 2.24) is 0 Å². The second-order valence-corrected chi connectivity index (χ2v) is 8.51. The van der Waals surface area contributed by atoms with E-state index in [9.17, 15) is 0 Å². The van der Waals surface area contributed by atoms with Crippen LogP contribution in [-0.4, -0.2) is 167 Å². The molecule has 0 fully saturated rings. The number of hydrogen-bond donors (Lipinski definition) is 4. The van der Waals surface area contributed by atoms with E-state index < -0.39 is 0 Å².